The Kier molecular flexibility index (Phi) is 5.03. The Hall–Kier alpha value is -0.580. The number of benzene rings is 1. The molecule has 1 fully saturated rings. The number of hydrogen-bond donors (Lipinski definition) is 1. The number of nitrogens with zero attached hydrogens (tertiary/aromatic N) is 1. The van der Waals surface area contributed by atoms with Gasteiger partial charge in [-0.1, -0.05) is 25.1 Å². The average molecular weight is 268 g/mol. The average Bonchev–Trinajstić information content (AvgIpc) is 2.37. The zero-order valence-electron chi connectivity index (χ0n) is 10.8. The lowest BCUT2D eigenvalue weighted by molar-refractivity contribution is 0.274. The molecule has 0 aliphatic carbocycles. The third-order valence-electron chi connectivity index (χ3n) is 3.39. The van der Waals surface area contributed by atoms with Crippen LogP contribution in [0.4, 0.5) is 4.39 Å². The van der Waals surface area contributed by atoms with Crippen LogP contribution in [0.15, 0.2) is 24.3 Å². The number of thioether (sulfide) groups is 1. The van der Waals surface area contributed by atoms with E-state index in [9.17, 15) is 4.39 Å². The van der Waals surface area contributed by atoms with Gasteiger partial charge in [0.1, 0.15) is 5.82 Å². The Bertz CT molecular complexity index is 386. The van der Waals surface area contributed by atoms with Gasteiger partial charge >= 0.3 is 0 Å². The normalized spacial score (nSPS) is 22.9. The first-order chi connectivity index (χ1) is 8.66. The fourth-order valence-corrected chi connectivity index (χ4v) is 3.43. The molecule has 1 aliphatic heterocycles. The predicted molar refractivity (Wildman–Crippen MR) is 76.3 cm³/mol. The second-order valence-corrected chi connectivity index (χ2v) is 6.45. The lowest BCUT2D eigenvalue weighted by Crippen LogP contribution is -2.38. The highest BCUT2D eigenvalue weighted by atomic mass is 32.2. The van der Waals surface area contributed by atoms with Crippen molar-refractivity contribution in [3.63, 3.8) is 0 Å². The molecule has 0 radical (unpaired) electrons. The van der Waals surface area contributed by atoms with Crippen LogP contribution in [0.3, 0.4) is 0 Å². The van der Waals surface area contributed by atoms with Gasteiger partial charge in [0.2, 0.25) is 0 Å². The van der Waals surface area contributed by atoms with E-state index in [4.69, 9.17) is 5.73 Å². The van der Waals surface area contributed by atoms with E-state index in [1.165, 1.54) is 11.8 Å². The van der Waals surface area contributed by atoms with Crippen LogP contribution in [0.5, 0.6) is 0 Å². The first-order valence-electron chi connectivity index (χ1n) is 6.51. The third-order valence-corrected chi connectivity index (χ3v) is 4.52. The minimum Gasteiger partial charge on any atom is -0.324 e. The molecule has 1 saturated heterocycles. The molecule has 18 heavy (non-hydrogen) atoms. The summed E-state index contributed by atoms with van der Waals surface area (Å²) in [5, 5.41) is 0.698. The van der Waals surface area contributed by atoms with Crippen LogP contribution in [0.25, 0.3) is 0 Å². The van der Waals surface area contributed by atoms with Crippen molar-refractivity contribution in [3.05, 3.63) is 35.6 Å². The lowest BCUT2D eigenvalue weighted by Gasteiger charge is -2.31. The Morgan fingerprint density at radius 2 is 2.28 bits per heavy atom. The number of rotatable bonds is 4. The van der Waals surface area contributed by atoms with Gasteiger partial charge < -0.3 is 10.6 Å². The zero-order valence-corrected chi connectivity index (χ0v) is 11.6. The molecule has 2 atom stereocenters. The van der Waals surface area contributed by atoms with Gasteiger partial charge in [-0.3, -0.25) is 0 Å². The lowest BCUT2D eigenvalue weighted by atomic mass is 10.0. The predicted octanol–water partition coefficient (Wildman–Crippen LogP) is 2.65. The summed E-state index contributed by atoms with van der Waals surface area (Å²) < 4.78 is 13.6. The van der Waals surface area contributed by atoms with Gasteiger partial charge in [-0.25, -0.2) is 4.39 Å². The molecule has 2 unspecified atom stereocenters. The van der Waals surface area contributed by atoms with E-state index in [1.54, 1.807) is 12.1 Å². The van der Waals surface area contributed by atoms with Crippen molar-refractivity contribution >= 4 is 11.8 Å². The summed E-state index contributed by atoms with van der Waals surface area (Å²) in [7, 11) is 0. The second-order valence-electron chi connectivity index (χ2n) is 4.90. The number of hydrogen-bond acceptors (Lipinski definition) is 3. The third kappa shape index (κ3) is 3.70. The van der Waals surface area contributed by atoms with Crippen molar-refractivity contribution in [2.45, 2.75) is 24.6 Å². The minimum atomic E-state index is -0.198. The first kappa shape index (κ1) is 13.8. The van der Waals surface area contributed by atoms with Crippen LogP contribution in [0, 0.1) is 5.82 Å². The molecule has 4 heteroatoms. The maximum absolute atomic E-state index is 13.6. The molecule has 0 aromatic heterocycles. The molecule has 2 rings (SSSR count). The quantitative estimate of drug-likeness (QED) is 0.910. The van der Waals surface area contributed by atoms with Crippen LogP contribution in [-0.4, -0.2) is 35.5 Å². The molecular formula is C14H21FN2S. The minimum absolute atomic E-state index is 0.187. The number of halogens is 1. The van der Waals surface area contributed by atoms with Gasteiger partial charge in [-0.15, -0.1) is 0 Å². The molecule has 1 heterocycles. The maximum Gasteiger partial charge on any atom is 0.127 e. The monoisotopic (exact) mass is 268 g/mol. The van der Waals surface area contributed by atoms with Gasteiger partial charge in [0.25, 0.3) is 0 Å². The Morgan fingerprint density at radius 1 is 1.50 bits per heavy atom. The SMILES string of the molecule is CC1CN(CCC(N)c2ccccc2F)CCS1. The van der Waals surface area contributed by atoms with Crippen molar-refractivity contribution in [2.75, 3.05) is 25.4 Å². The van der Waals surface area contributed by atoms with Crippen LogP contribution >= 0.6 is 11.8 Å². The summed E-state index contributed by atoms with van der Waals surface area (Å²) in [5.41, 5.74) is 6.71. The summed E-state index contributed by atoms with van der Waals surface area (Å²) in [6.45, 7) is 5.46. The van der Waals surface area contributed by atoms with Gasteiger partial charge in [-0.05, 0) is 12.5 Å². The van der Waals surface area contributed by atoms with Crippen molar-refractivity contribution in [1.82, 2.24) is 4.90 Å². The molecule has 1 aliphatic rings. The van der Waals surface area contributed by atoms with E-state index < -0.39 is 0 Å². The van der Waals surface area contributed by atoms with E-state index in [1.807, 2.05) is 17.8 Å². The summed E-state index contributed by atoms with van der Waals surface area (Å²) in [4.78, 5) is 2.43. The van der Waals surface area contributed by atoms with Gasteiger partial charge in [0.15, 0.2) is 0 Å². The first-order valence-corrected chi connectivity index (χ1v) is 7.55. The fraction of sp³-hybridized carbons (Fsp3) is 0.571. The Morgan fingerprint density at radius 3 is 3.00 bits per heavy atom. The summed E-state index contributed by atoms with van der Waals surface area (Å²) >= 11 is 2.02. The van der Waals surface area contributed by atoms with Crippen LogP contribution in [-0.2, 0) is 0 Å². The van der Waals surface area contributed by atoms with E-state index in [0.717, 1.165) is 26.1 Å². The molecule has 0 bridgehead atoms. The topological polar surface area (TPSA) is 29.3 Å². The van der Waals surface area contributed by atoms with E-state index >= 15 is 0 Å². The van der Waals surface area contributed by atoms with Crippen LogP contribution in [0.1, 0.15) is 24.9 Å². The van der Waals surface area contributed by atoms with E-state index in [-0.39, 0.29) is 11.9 Å². The van der Waals surface area contributed by atoms with Gasteiger partial charge in [0.05, 0.1) is 0 Å². The van der Waals surface area contributed by atoms with Crippen molar-refractivity contribution < 1.29 is 4.39 Å². The van der Waals surface area contributed by atoms with Crippen LogP contribution < -0.4 is 5.73 Å². The standard InChI is InChI=1S/C14H21FN2S/c1-11-10-17(8-9-18-11)7-6-14(16)12-4-2-3-5-13(12)15/h2-5,11,14H,6-10,16H2,1H3. The highest BCUT2D eigenvalue weighted by molar-refractivity contribution is 7.99. The van der Waals surface area contributed by atoms with E-state index in [2.05, 4.69) is 11.8 Å². The molecule has 0 spiro atoms. The molecule has 1 aromatic carbocycles. The summed E-state index contributed by atoms with van der Waals surface area (Å²) in [6.07, 6.45) is 0.818. The molecular weight excluding hydrogens is 247 g/mol. The molecule has 2 N–H and O–H groups in total. The van der Waals surface area contributed by atoms with Crippen molar-refractivity contribution in [1.29, 1.82) is 0 Å². The largest absolute Gasteiger partial charge is 0.324 e. The Labute approximate surface area is 113 Å². The summed E-state index contributed by atoms with van der Waals surface area (Å²) in [5.74, 6) is 1.00. The fourth-order valence-electron chi connectivity index (χ4n) is 2.35. The summed E-state index contributed by atoms with van der Waals surface area (Å²) in [6, 6.07) is 6.62. The highest BCUT2D eigenvalue weighted by Crippen LogP contribution is 2.21. The van der Waals surface area contributed by atoms with Crippen LogP contribution in [0.2, 0.25) is 0 Å². The highest BCUT2D eigenvalue weighted by Gasteiger charge is 2.18. The Balaban J connectivity index is 1.84. The van der Waals surface area contributed by atoms with Crippen molar-refractivity contribution in [3.8, 4) is 0 Å². The van der Waals surface area contributed by atoms with Gasteiger partial charge in [-0.2, -0.15) is 11.8 Å². The number of nitrogens with two attached hydrogens (primary N) is 1. The molecule has 1 aromatic rings. The maximum atomic E-state index is 13.6. The van der Waals surface area contributed by atoms with Gasteiger partial charge in [0, 0.05) is 42.2 Å². The zero-order chi connectivity index (χ0) is 13.0. The van der Waals surface area contributed by atoms with Crippen molar-refractivity contribution in [2.24, 2.45) is 5.73 Å². The molecule has 0 amide bonds. The second kappa shape index (κ2) is 6.55. The smallest absolute Gasteiger partial charge is 0.127 e. The molecule has 100 valence electrons. The molecule has 0 saturated carbocycles. The molecule has 2 nitrogen and oxygen atoms in total. The van der Waals surface area contributed by atoms with E-state index in [0.29, 0.717) is 10.8 Å².